The molecule has 5 nitrogen and oxygen atoms in total. The molecule has 31 heavy (non-hydrogen) atoms. The van der Waals surface area contributed by atoms with Crippen LogP contribution in [0.1, 0.15) is 31.9 Å². The molecule has 0 saturated carbocycles. The van der Waals surface area contributed by atoms with Crippen molar-refractivity contribution in [1.82, 2.24) is 4.90 Å². The maximum absolute atomic E-state index is 10.8. The molecule has 0 bridgehead atoms. The van der Waals surface area contributed by atoms with Crippen LogP contribution in [0.5, 0.6) is 11.5 Å². The first kappa shape index (κ1) is 25.4. The maximum Gasteiger partial charge on any atom is 0.192 e. The Kier molecular flexibility index (Phi) is 9.12. The number of hydrogen-bond acceptors (Lipinski definition) is 5. The standard InChI is InChI=1S/C25H39NO4Si/c1-25(2,3)31(6,7)30-19-22(27)18-26(16-20-8-12-23(28-4)13-9-20)17-21-10-14-24(29-5)15-11-21/h8-15,22,27H,16-19H2,1-7H3. The smallest absolute Gasteiger partial charge is 0.192 e. The molecule has 2 aromatic carbocycles. The quantitative estimate of drug-likeness (QED) is 0.488. The number of nitrogens with zero attached hydrogens (tertiary/aromatic N) is 1. The summed E-state index contributed by atoms with van der Waals surface area (Å²) in [4.78, 5) is 2.25. The van der Waals surface area contributed by atoms with E-state index in [2.05, 4.69) is 63.0 Å². The number of ether oxygens (including phenoxy) is 2. The van der Waals surface area contributed by atoms with Crippen molar-refractivity contribution in [3.63, 3.8) is 0 Å². The summed E-state index contributed by atoms with van der Waals surface area (Å²) < 4.78 is 16.8. The fourth-order valence-corrected chi connectivity index (χ4v) is 4.08. The Morgan fingerprint density at radius 3 is 1.61 bits per heavy atom. The summed E-state index contributed by atoms with van der Waals surface area (Å²) in [5.74, 6) is 1.68. The molecule has 172 valence electrons. The minimum absolute atomic E-state index is 0.124. The number of benzene rings is 2. The van der Waals surface area contributed by atoms with E-state index in [1.54, 1.807) is 14.2 Å². The summed E-state index contributed by atoms with van der Waals surface area (Å²) in [6, 6.07) is 16.2. The normalized spacial score (nSPS) is 13.3. The lowest BCUT2D eigenvalue weighted by atomic mass is 10.1. The monoisotopic (exact) mass is 445 g/mol. The summed E-state index contributed by atoms with van der Waals surface area (Å²) in [6.07, 6.45) is -0.550. The Hall–Kier alpha value is -1.86. The van der Waals surface area contributed by atoms with Crippen LogP contribution in [0.25, 0.3) is 0 Å². The van der Waals surface area contributed by atoms with Gasteiger partial charge >= 0.3 is 0 Å². The van der Waals surface area contributed by atoms with Crippen LogP contribution in [-0.4, -0.2) is 51.8 Å². The molecule has 0 heterocycles. The van der Waals surface area contributed by atoms with E-state index in [9.17, 15) is 5.11 Å². The molecule has 6 heteroatoms. The van der Waals surface area contributed by atoms with Gasteiger partial charge in [0, 0.05) is 19.6 Å². The van der Waals surface area contributed by atoms with Crippen LogP contribution < -0.4 is 9.47 Å². The van der Waals surface area contributed by atoms with Gasteiger partial charge in [-0.15, -0.1) is 0 Å². The fraction of sp³-hybridized carbons (Fsp3) is 0.520. The van der Waals surface area contributed by atoms with Crippen molar-refractivity contribution in [3.05, 3.63) is 59.7 Å². The van der Waals surface area contributed by atoms with Crippen molar-refractivity contribution < 1.29 is 19.0 Å². The third-order valence-corrected chi connectivity index (χ3v) is 10.5. The van der Waals surface area contributed by atoms with Gasteiger partial charge in [0.2, 0.25) is 0 Å². The van der Waals surface area contributed by atoms with Crippen molar-refractivity contribution in [2.24, 2.45) is 0 Å². The first-order valence-electron chi connectivity index (χ1n) is 10.8. The Balaban J connectivity index is 2.07. The van der Waals surface area contributed by atoms with E-state index >= 15 is 0 Å². The minimum atomic E-state index is -1.89. The minimum Gasteiger partial charge on any atom is -0.497 e. The lowest BCUT2D eigenvalue weighted by molar-refractivity contribution is 0.0580. The highest BCUT2D eigenvalue weighted by Crippen LogP contribution is 2.36. The van der Waals surface area contributed by atoms with Crippen molar-refractivity contribution in [2.45, 2.75) is 58.1 Å². The molecule has 1 atom stereocenters. The summed E-state index contributed by atoms with van der Waals surface area (Å²) in [5.41, 5.74) is 2.35. The molecule has 0 fully saturated rings. The van der Waals surface area contributed by atoms with Crippen LogP contribution in [0.2, 0.25) is 18.1 Å². The average Bonchev–Trinajstić information content (AvgIpc) is 2.72. The Morgan fingerprint density at radius 2 is 1.26 bits per heavy atom. The average molecular weight is 446 g/mol. The molecule has 0 spiro atoms. The second-order valence-electron chi connectivity index (χ2n) is 9.59. The third-order valence-electron chi connectivity index (χ3n) is 6.04. The summed E-state index contributed by atoms with van der Waals surface area (Å²) >= 11 is 0. The highest BCUT2D eigenvalue weighted by Gasteiger charge is 2.37. The molecule has 0 aliphatic heterocycles. The van der Waals surface area contributed by atoms with Gasteiger partial charge < -0.3 is 19.0 Å². The zero-order valence-electron chi connectivity index (χ0n) is 20.1. The Bertz CT molecular complexity index is 735. The van der Waals surface area contributed by atoms with Crippen LogP contribution in [0.4, 0.5) is 0 Å². The molecule has 2 rings (SSSR count). The van der Waals surface area contributed by atoms with E-state index in [1.165, 1.54) is 11.1 Å². The van der Waals surface area contributed by atoms with Gasteiger partial charge in [-0.05, 0) is 53.5 Å². The zero-order chi connectivity index (χ0) is 23.1. The van der Waals surface area contributed by atoms with Crippen LogP contribution in [-0.2, 0) is 17.5 Å². The van der Waals surface area contributed by atoms with Gasteiger partial charge in [0.05, 0.1) is 26.9 Å². The SMILES string of the molecule is COc1ccc(CN(Cc2ccc(OC)cc2)CC(O)CO[Si](C)(C)C(C)(C)C)cc1. The van der Waals surface area contributed by atoms with Crippen LogP contribution in [0, 0.1) is 0 Å². The molecule has 0 amide bonds. The fourth-order valence-electron chi connectivity index (χ4n) is 3.04. The second-order valence-corrected chi connectivity index (χ2v) is 14.4. The molecule has 0 aromatic heterocycles. The van der Waals surface area contributed by atoms with Gasteiger partial charge in [-0.3, -0.25) is 4.90 Å². The third kappa shape index (κ3) is 7.96. The molecule has 0 aliphatic rings. The first-order valence-corrected chi connectivity index (χ1v) is 13.7. The number of aliphatic hydroxyl groups is 1. The van der Waals surface area contributed by atoms with Gasteiger partial charge in [-0.1, -0.05) is 45.0 Å². The largest absolute Gasteiger partial charge is 0.497 e. The number of methoxy groups -OCH3 is 2. The highest BCUT2D eigenvalue weighted by molar-refractivity contribution is 6.74. The van der Waals surface area contributed by atoms with Crippen molar-refractivity contribution >= 4 is 8.32 Å². The first-order chi connectivity index (χ1) is 14.5. The van der Waals surface area contributed by atoms with Gasteiger partial charge in [0.25, 0.3) is 0 Å². The van der Waals surface area contributed by atoms with E-state index in [-0.39, 0.29) is 5.04 Å². The maximum atomic E-state index is 10.8. The second kappa shape index (κ2) is 11.1. The van der Waals surface area contributed by atoms with Crippen molar-refractivity contribution in [2.75, 3.05) is 27.4 Å². The zero-order valence-corrected chi connectivity index (χ0v) is 21.1. The van der Waals surface area contributed by atoms with Gasteiger partial charge in [-0.25, -0.2) is 0 Å². The molecule has 1 N–H and O–H groups in total. The Labute approximate surface area is 189 Å². The summed E-state index contributed by atoms with van der Waals surface area (Å²) in [5, 5.41) is 10.9. The van der Waals surface area contributed by atoms with E-state index in [1.807, 2.05) is 24.3 Å². The highest BCUT2D eigenvalue weighted by atomic mass is 28.4. The lowest BCUT2D eigenvalue weighted by Gasteiger charge is -2.37. The van der Waals surface area contributed by atoms with Crippen molar-refractivity contribution in [1.29, 1.82) is 0 Å². The lowest BCUT2D eigenvalue weighted by Crippen LogP contribution is -2.44. The molecule has 1 unspecified atom stereocenters. The van der Waals surface area contributed by atoms with Crippen LogP contribution in [0.3, 0.4) is 0 Å². The molecular formula is C25H39NO4Si. The van der Waals surface area contributed by atoms with E-state index in [0.29, 0.717) is 13.2 Å². The molecular weight excluding hydrogens is 406 g/mol. The predicted octanol–water partition coefficient (Wildman–Crippen LogP) is 5.09. The molecule has 2 aromatic rings. The van der Waals surface area contributed by atoms with E-state index < -0.39 is 14.4 Å². The van der Waals surface area contributed by atoms with Gasteiger partial charge in [-0.2, -0.15) is 0 Å². The van der Waals surface area contributed by atoms with E-state index in [0.717, 1.165) is 24.6 Å². The van der Waals surface area contributed by atoms with Crippen molar-refractivity contribution in [3.8, 4) is 11.5 Å². The summed E-state index contributed by atoms with van der Waals surface area (Å²) in [7, 11) is 1.45. The van der Waals surface area contributed by atoms with Crippen LogP contribution in [0.15, 0.2) is 48.5 Å². The van der Waals surface area contributed by atoms with Gasteiger partial charge in [0.1, 0.15) is 11.5 Å². The predicted molar refractivity (Wildman–Crippen MR) is 129 cm³/mol. The molecule has 0 aliphatic carbocycles. The molecule has 0 radical (unpaired) electrons. The van der Waals surface area contributed by atoms with E-state index in [4.69, 9.17) is 13.9 Å². The topological polar surface area (TPSA) is 51.2 Å². The van der Waals surface area contributed by atoms with Crippen LogP contribution >= 0.6 is 0 Å². The molecule has 0 saturated heterocycles. The summed E-state index contributed by atoms with van der Waals surface area (Å²) in [6.45, 7) is 13.4. The number of rotatable bonds is 11. The van der Waals surface area contributed by atoms with Gasteiger partial charge in [0.15, 0.2) is 8.32 Å². The number of aliphatic hydroxyl groups excluding tert-OH is 1. The number of hydrogen-bond donors (Lipinski definition) is 1. The Morgan fingerprint density at radius 1 is 0.839 bits per heavy atom.